The second-order valence-corrected chi connectivity index (χ2v) is 6.00. The monoisotopic (exact) mass is 309 g/mol. The van der Waals surface area contributed by atoms with Crippen LogP contribution in [0.5, 0.6) is 0 Å². The van der Waals surface area contributed by atoms with Crippen LogP contribution in [0.3, 0.4) is 0 Å². The van der Waals surface area contributed by atoms with Crippen molar-refractivity contribution in [3.05, 3.63) is 66.2 Å². The van der Waals surface area contributed by atoms with Gasteiger partial charge in [0.25, 0.3) is 0 Å². The van der Waals surface area contributed by atoms with Crippen molar-refractivity contribution in [3.8, 4) is 0 Å². The Morgan fingerprint density at radius 1 is 1.09 bits per heavy atom. The molecule has 4 nitrogen and oxygen atoms in total. The van der Waals surface area contributed by atoms with Crippen LogP contribution in [0.15, 0.2) is 60.7 Å². The normalized spacial score (nSPS) is 23.8. The minimum Gasteiger partial charge on any atom is -0.469 e. The van der Waals surface area contributed by atoms with E-state index in [1.54, 1.807) is 11.8 Å². The molecule has 1 amide bonds. The van der Waals surface area contributed by atoms with Gasteiger partial charge in [-0.1, -0.05) is 48.5 Å². The smallest absolute Gasteiger partial charge is 0.314 e. The first kappa shape index (κ1) is 15.3. The van der Waals surface area contributed by atoms with E-state index in [0.29, 0.717) is 0 Å². The zero-order valence-corrected chi connectivity index (χ0v) is 13.2. The number of amides is 1. The fraction of sp³-hybridized carbons (Fsp3) is 0.263. The number of hydrogen-bond donors (Lipinski definition) is 0. The van der Waals surface area contributed by atoms with Crippen LogP contribution in [0.1, 0.15) is 24.9 Å². The molecule has 0 radical (unpaired) electrons. The van der Waals surface area contributed by atoms with Gasteiger partial charge in [-0.15, -0.1) is 0 Å². The summed E-state index contributed by atoms with van der Waals surface area (Å²) in [7, 11) is 1.37. The number of anilines is 1. The predicted octanol–water partition coefficient (Wildman–Crippen LogP) is 3.34. The molecule has 1 fully saturated rings. The van der Waals surface area contributed by atoms with Crippen LogP contribution >= 0.6 is 0 Å². The van der Waals surface area contributed by atoms with Crippen molar-refractivity contribution >= 4 is 17.6 Å². The van der Waals surface area contributed by atoms with E-state index in [-0.39, 0.29) is 24.3 Å². The first-order valence-corrected chi connectivity index (χ1v) is 7.58. The molecule has 0 bridgehead atoms. The number of rotatable bonds is 3. The highest BCUT2D eigenvalue weighted by molar-refractivity contribution is 6.02. The van der Waals surface area contributed by atoms with Crippen molar-refractivity contribution in [2.75, 3.05) is 12.0 Å². The quantitative estimate of drug-likeness (QED) is 0.817. The van der Waals surface area contributed by atoms with E-state index in [9.17, 15) is 9.59 Å². The van der Waals surface area contributed by atoms with Gasteiger partial charge in [-0.3, -0.25) is 9.59 Å². The maximum absolute atomic E-state index is 12.7. The third-order valence-electron chi connectivity index (χ3n) is 4.45. The summed E-state index contributed by atoms with van der Waals surface area (Å²) >= 11 is 0. The predicted molar refractivity (Wildman–Crippen MR) is 87.9 cm³/mol. The van der Waals surface area contributed by atoms with Gasteiger partial charge in [0.2, 0.25) is 5.91 Å². The summed E-state index contributed by atoms with van der Waals surface area (Å²) in [6.07, 6.45) is 0.133. The lowest BCUT2D eigenvalue weighted by Gasteiger charge is -2.33. The van der Waals surface area contributed by atoms with Crippen LogP contribution in [-0.4, -0.2) is 19.0 Å². The van der Waals surface area contributed by atoms with E-state index in [4.69, 9.17) is 4.74 Å². The molecule has 23 heavy (non-hydrogen) atoms. The van der Waals surface area contributed by atoms with E-state index in [1.165, 1.54) is 7.11 Å². The third-order valence-corrected chi connectivity index (χ3v) is 4.45. The number of esters is 1. The number of benzene rings is 2. The molecule has 1 aliphatic rings. The lowest BCUT2D eigenvalue weighted by atomic mass is 9.79. The van der Waals surface area contributed by atoms with Gasteiger partial charge in [0, 0.05) is 12.1 Å². The highest BCUT2D eigenvalue weighted by atomic mass is 16.5. The van der Waals surface area contributed by atoms with Gasteiger partial charge in [-0.25, -0.2) is 0 Å². The molecule has 1 aliphatic heterocycles. The maximum Gasteiger partial charge on any atom is 0.314 e. The van der Waals surface area contributed by atoms with E-state index < -0.39 is 5.41 Å². The summed E-state index contributed by atoms with van der Waals surface area (Å²) in [6, 6.07) is 18.7. The Kier molecular flexibility index (Phi) is 3.90. The number of para-hydroxylation sites is 1. The van der Waals surface area contributed by atoms with E-state index in [1.807, 2.05) is 60.7 Å². The van der Waals surface area contributed by atoms with Crippen molar-refractivity contribution in [2.24, 2.45) is 5.41 Å². The Morgan fingerprint density at radius 2 is 1.65 bits per heavy atom. The number of hydrogen-bond acceptors (Lipinski definition) is 3. The van der Waals surface area contributed by atoms with Crippen LogP contribution in [0.25, 0.3) is 0 Å². The summed E-state index contributed by atoms with van der Waals surface area (Å²) in [5, 5.41) is 0. The van der Waals surface area contributed by atoms with Crippen LogP contribution in [0, 0.1) is 5.41 Å². The van der Waals surface area contributed by atoms with E-state index in [0.717, 1.165) is 11.3 Å². The Balaban J connectivity index is 2.15. The second kappa shape index (κ2) is 5.88. The highest BCUT2D eigenvalue weighted by Gasteiger charge is 2.55. The van der Waals surface area contributed by atoms with Crippen molar-refractivity contribution in [2.45, 2.75) is 19.4 Å². The Bertz CT molecular complexity index is 714. The first-order chi connectivity index (χ1) is 11.1. The molecule has 0 aliphatic carbocycles. The Hall–Kier alpha value is -2.62. The topological polar surface area (TPSA) is 46.6 Å². The summed E-state index contributed by atoms with van der Waals surface area (Å²) in [5.41, 5.74) is 0.803. The summed E-state index contributed by atoms with van der Waals surface area (Å²) in [4.78, 5) is 26.9. The molecule has 1 unspecified atom stereocenters. The van der Waals surface area contributed by atoms with Crippen LogP contribution in [0.2, 0.25) is 0 Å². The zero-order valence-electron chi connectivity index (χ0n) is 13.2. The third kappa shape index (κ3) is 2.50. The molecule has 4 heteroatoms. The van der Waals surface area contributed by atoms with Crippen LogP contribution in [0.4, 0.5) is 5.69 Å². The first-order valence-electron chi connectivity index (χ1n) is 7.58. The Labute approximate surface area is 135 Å². The second-order valence-electron chi connectivity index (χ2n) is 6.00. The highest BCUT2D eigenvalue weighted by Crippen LogP contribution is 2.50. The van der Waals surface area contributed by atoms with Crippen LogP contribution in [-0.2, 0) is 14.3 Å². The standard InChI is InChI=1S/C19H19NO3/c1-19(18(22)23-2)13-16(21)20(15-11-7-4-8-12-15)17(19)14-9-5-3-6-10-14/h3-12,17H,13H2,1-2H3/t17?,19-/m1/s1. The van der Waals surface area contributed by atoms with Crippen molar-refractivity contribution < 1.29 is 14.3 Å². The van der Waals surface area contributed by atoms with Gasteiger partial charge < -0.3 is 9.64 Å². The SMILES string of the molecule is COC(=O)[C@]1(C)CC(=O)N(c2ccccc2)C1c1ccccc1. The molecule has 2 aromatic carbocycles. The van der Waals surface area contributed by atoms with Gasteiger partial charge in [0.05, 0.1) is 18.6 Å². The molecule has 0 N–H and O–H groups in total. The fourth-order valence-electron chi connectivity index (χ4n) is 3.38. The number of carbonyl (C=O) groups excluding carboxylic acids is 2. The van der Waals surface area contributed by atoms with Gasteiger partial charge in [-0.05, 0) is 24.6 Å². The molecule has 2 aromatic rings. The average Bonchev–Trinajstić information content (AvgIpc) is 2.87. The van der Waals surface area contributed by atoms with Crippen molar-refractivity contribution in [1.82, 2.24) is 0 Å². The molecule has 0 aromatic heterocycles. The minimum atomic E-state index is -0.914. The maximum atomic E-state index is 12.7. The van der Waals surface area contributed by atoms with Gasteiger partial charge in [0.1, 0.15) is 0 Å². The summed E-state index contributed by atoms with van der Waals surface area (Å²) in [5.74, 6) is -0.434. The average molecular weight is 309 g/mol. The number of nitrogens with zero attached hydrogens (tertiary/aromatic N) is 1. The molecule has 2 atom stereocenters. The fourth-order valence-corrected chi connectivity index (χ4v) is 3.38. The summed E-state index contributed by atoms with van der Waals surface area (Å²) < 4.78 is 5.00. The molecule has 1 saturated heterocycles. The Morgan fingerprint density at radius 3 is 2.22 bits per heavy atom. The van der Waals surface area contributed by atoms with E-state index in [2.05, 4.69) is 0 Å². The summed E-state index contributed by atoms with van der Waals surface area (Å²) in [6.45, 7) is 1.80. The number of ether oxygens (including phenoxy) is 1. The minimum absolute atomic E-state index is 0.0713. The number of methoxy groups -OCH3 is 1. The largest absolute Gasteiger partial charge is 0.469 e. The number of carbonyl (C=O) groups is 2. The molecule has 118 valence electrons. The molecular weight excluding hydrogens is 290 g/mol. The molecule has 1 heterocycles. The van der Waals surface area contributed by atoms with E-state index >= 15 is 0 Å². The van der Waals surface area contributed by atoms with Gasteiger partial charge in [0.15, 0.2) is 0 Å². The lowest BCUT2D eigenvalue weighted by molar-refractivity contribution is -0.152. The lowest BCUT2D eigenvalue weighted by Crippen LogP contribution is -2.37. The van der Waals surface area contributed by atoms with Crippen LogP contribution < -0.4 is 4.90 Å². The molecule has 3 rings (SSSR count). The van der Waals surface area contributed by atoms with Gasteiger partial charge >= 0.3 is 5.97 Å². The molecule has 0 spiro atoms. The van der Waals surface area contributed by atoms with Crippen molar-refractivity contribution in [1.29, 1.82) is 0 Å². The van der Waals surface area contributed by atoms with Crippen molar-refractivity contribution in [3.63, 3.8) is 0 Å². The zero-order chi connectivity index (χ0) is 16.4. The molecular formula is C19H19NO3. The van der Waals surface area contributed by atoms with Gasteiger partial charge in [-0.2, -0.15) is 0 Å². The molecule has 0 saturated carbocycles.